The highest BCUT2D eigenvalue weighted by Crippen LogP contribution is 2.36. The molecule has 6 nitrogen and oxygen atoms in total. The van der Waals surface area contributed by atoms with E-state index in [9.17, 15) is 14.7 Å². The first-order chi connectivity index (χ1) is 14.1. The van der Waals surface area contributed by atoms with E-state index < -0.39 is 12.1 Å². The van der Waals surface area contributed by atoms with Crippen LogP contribution in [0.3, 0.4) is 0 Å². The van der Waals surface area contributed by atoms with Crippen LogP contribution in [0.4, 0.5) is 5.00 Å². The number of hydrogen-bond acceptors (Lipinski definition) is 7. The molecule has 3 aromatic rings. The van der Waals surface area contributed by atoms with Crippen molar-refractivity contribution in [3.05, 3.63) is 65.2 Å². The molecule has 2 aromatic heterocycles. The molecule has 0 aliphatic carbocycles. The number of thioether (sulfide) groups is 1. The lowest BCUT2D eigenvalue weighted by atomic mass is 10.1. The zero-order chi connectivity index (χ0) is 20.6. The highest BCUT2D eigenvalue weighted by Gasteiger charge is 2.24. The van der Waals surface area contributed by atoms with E-state index in [-0.39, 0.29) is 23.8 Å². The van der Waals surface area contributed by atoms with Crippen LogP contribution in [0.15, 0.2) is 58.5 Å². The number of aliphatic hydroxyl groups is 1. The number of ether oxygens (including phenoxy) is 1. The van der Waals surface area contributed by atoms with Gasteiger partial charge in [-0.1, -0.05) is 30.3 Å². The predicted octanol–water partition coefficient (Wildman–Crippen LogP) is 4.59. The fourth-order valence-electron chi connectivity index (χ4n) is 2.67. The molecule has 1 atom stereocenters. The van der Waals surface area contributed by atoms with E-state index in [1.54, 1.807) is 24.4 Å². The molecule has 0 saturated heterocycles. The summed E-state index contributed by atoms with van der Waals surface area (Å²) < 4.78 is 10.5. The van der Waals surface area contributed by atoms with E-state index >= 15 is 0 Å². The van der Waals surface area contributed by atoms with E-state index in [0.717, 1.165) is 5.56 Å². The number of carbonyl (C=O) groups is 2. The topological polar surface area (TPSA) is 88.8 Å². The Morgan fingerprint density at radius 1 is 1.24 bits per heavy atom. The van der Waals surface area contributed by atoms with Gasteiger partial charge in [0, 0.05) is 16.7 Å². The van der Waals surface area contributed by atoms with Gasteiger partial charge in [0.2, 0.25) is 5.91 Å². The molecule has 2 N–H and O–H groups in total. The minimum absolute atomic E-state index is 0.153. The van der Waals surface area contributed by atoms with Crippen LogP contribution in [-0.2, 0) is 9.53 Å². The molecule has 3 rings (SSSR count). The molecule has 1 aromatic carbocycles. The van der Waals surface area contributed by atoms with Crippen LogP contribution in [0.25, 0.3) is 11.3 Å². The second kappa shape index (κ2) is 10.3. The van der Waals surface area contributed by atoms with Gasteiger partial charge in [0.1, 0.15) is 16.3 Å². The Morgan fingerprint density at radius 3 is 2.72 bits per heavy atom. The maximum absolute atomic E-state index is 12.4. The number of carbonyl (C=O) groups excluding carboxylic acids is 2. The lowest BCUT2D eigenvalue weighted by Crippen LogP contribution is -2.17. The van der Waals surface area contributed by atoms with E-state index in [0.29, 0.717) is 22.1 Å². The number of furan rings is 1. The minimum atomic E-state index is -0.642. The van der Waals surface area contributed by atoms with Crippen LogP contribution >= 0.6 is 23.1 Å². The molecule has 29 heavy (non-hydrogen) atoms. The molecule has 0 aliphatic heterocycles. The van der Waals surface area contributed by atoms with E-state index in [4.69, 9.17) is 9.15 Å². The number of esters is 1. The normalized spacial score (nSPS) is 11.8. The molecule has 0 saturated carbocycles. The Balaban J connectivity index is 1.63. The van der Waals surface area contributed by atoms with Crippen molar-refractivity contribution in [1.82, 2.24) is 0 Å². The van der Waals surface area contributed by atoms with Gasteiger partial charge in [-0.05, 0) is 24.6 Å². The molecule has 1 unspecified atom stereocenters. The quantitative estimate of drug-likeness (QED) is 0.482. The van der Waals surface area contributed by atoms with E-state index in [1.165, 1.54) is 29.4 Å². The van der Waals surface area contributed by atoms with Crippen molar-refractivity contribution in [2.45, 2.75) is 13.0 Å². The fourth-order valence-corrected chi connectivity index (χ4v) is 4.41. The van der Waals surface area contributed by atoms with Gasteiger partial charge in [-0.15, -0.1) is 23.1 Å². The van der Waals surface area contributed by atoms with Crippen LogP contribution in [-0.4, -0.2) is 35.1 Å². The summed E-state index contributed by atoms with van der Waals surface area (Å²) in [4.78, 5) is 24.8. The number of nitrogens with one attached hydrogen (secondary N) is 1. The third kappa shape index (κ3) is 5.50. The van der Waals surface area contributed by atoms with Crippen LogP contribution in [0.5, 0.6) is 0 Å². The lowest BCUT2D eigenvalue weighted by Gasteiger charge is -2.11. The molecule has 0 bridgehead atoms. The molecular weight excluding hydrogens is 410 g/mol. The van der Waals surface area contributed by atoms with Crippen molar-refractivity contribution in [1.29, 1.82) is 0 Å². The number of benzene rings is 1. The smallest absolute Gasteiger partial charge is 0.341 e. The summed E-state index contributed by atoms with van der Waals surface area (Å²) in [5, 5.41) is 15.1. The van der Waals surface area contributed by atoms with Crippen molar-refractivity contribution in [3.8, 4) is 11.3 Å². The van der Waals surface area contributed by atoms with Crippen molar-refractivity contribution in [2.24, 2.45) is 0 Å². The number of hydrogen-bond donors (Lipinski definition) is 2. The summed E-state index contributed by atoms with van der Waals surface area (Å²) in [6.45, 7) is 1.96. The first kappa shape index (κ1) is 21.2. The van der Waals surface area contributed by atoms with Gasteiger partial charge in [-0.25, -0.2) is 4.79 Å². The van der Waals surface area contributed by atoms with Crippen molar-refractivity contribution in [2.75, 3.05) is 23.4 Å². The molecule has 0 fully saturated rings. The van der Waals surface area contributed by atoms with Gasteiger partial charge in [0.15, 0.2) is 0 Å². The lowest BCUT2D eigenvalue weighted by molar-refractivity contribution is -0.113. The number of amides is 1. The first-order valence-electron chi connectivity index (χ1n) is 9.03. The molecular formula is C21H21NO5S2. The Morgan fingerprint density at radius 2 is 2.03 bits per heavy atom. The largest absolute Gasteiger partial charge is 0.464 e. The number of aliphatic hydroxyl groups excluding tert-OH is 1. The van der Waals surface area contributed by atoms with E-state index in [2.05, 4.69) is 5.32 Å². The summed E-state index contributed by atoms with van der Waals surface area (Å²) >= 11 is 2.56. The molecule has 0 aliphatic rings. The molecule has 1 amide bonds. The number of anilines is 1. The summed E-state index contributed by atoms with van der Waals surface area (Å²) in [5.41, 5.74) is 1.68. The third-order valence-electron chi connectivity index (χ3n) is 4.00. The first-order valence-corrected chi connectivity index (χ1v) is 11.1. The van der Waals surface area contributed by atoms with Crippen molar-refractivity contribution >= 4 is 40.0 Å². The Bertz CT molecular complexity index is 937. The average molecular weight is 432 g/mol. The Labute approximate surface area is 176 Å². The SMILES string of the molecule is CCOC(=O)c1c(-c2ccco2)csc1NC(=O)CSCC(O)c1ccccc1. The predicted molar refractivity (Wildman–Crippen MR) is 115 cm³/mol. The summed E-state index contributed by atoms with van der Waals surface area (Å²) in [5.74, 6) is 0.311. The second-order valence-corrected chi connectivity index (χ2v) is 7.95. The second-order valence-electron chi connectivity index (χ2n) is 6.04. The van der Waals surface area contributed by atoms with Crippen molar-refractivity contribution in [3.63, 3.8) is 0 Å². The van der Waals surface area contributed by atoms with Crippen LogP contribution in [0, 0.1) is 0 Å². The third-order valence-corrected chi connectivity index (χ3v) is 5.92. The van der Waals surface area contributed by atoms with Gasteiger partial charge in [0.05, 0.1) is 24.7 Å². The summed E-state index contributed by atoms with van der Waals surface area (Å²) in [7, 11) is 0. The number of rotatable bonds is 9. The highest BCUT2D eigenvalue weighted by atomic mass is 32.2. The standard InChI is InChI=1S/C21H21NO5S2/c1-2-26-21(25)19-15(17-9-6-10-27-17)11-29-20(19)22-18(24)13-28-12-16(23)14-7-4-3-5-8-14/h3-11,16,23H,2,12-13H2,1H3,(H,22,24). The zero-order valence-corrected chi connectivity index (χ0v) is 17.4. The Kier molecular flexibility index (Phi) is 7.51. The molecule has 8 heteroatoms. The average Bonchev–Trinajstić information content (AvgIpc) is 3.38. The van der Waals surface area contributed by atoms with E-state index in [1.807, 2.05) is 30.3 Å². The monoisotopic (exact) mass is 431 g/mol. The summed E-state index contributed by atoms with van der Waals surface area (Å²) in [6.07, 6.45) is 0.880. The zero-order valence-electron chi connectivity index (χ0n) is 15.8. The van der Waals surface area contributed by atoms with Gasteiger partial charge < -0.3 is 19.6 Å². The van der Waals surface area contributed by atoms with Gasteiger partial charge in [-0.3, -0.25) is 4.79 Å². The Hall–Kier alpha value is -2.55. The summed E-state index contributed by atoms with van der Waals surface area (Å²) in [6, 6.07) is 12.8. The van der Waals surface area contributed by atoms with Crippen molar-refractivity contribution < 1.29 is 23.8 Å². The van der Waals surface area contributed by atoms with Gasteiger partial charge >= 0.3 is 5.97 Å². The minimum Gasteiger partial charge on any atom is -0.464 e. The van der Waals surface area contributed by atoms with Crippen LogP contribution in [0.2, 0.25) is 0 Å². The maximum Gasteiger partial charge on any atom is 0.341 e. The molecule has 0 spiro atoms. The maximum atomic E-state index is 12.4. The van der Waals surface area contributed by atoms with Crippen LogP contribution < -0.4 is 5.32 Å². The van der Waals surface area contributed by atoms with Crippen LogP contribution in [0.1, 0.15) is 28.9 Å². The molecule has 0 radical (unpaired) electrons. The fraction of sp³-hybridized carbons (Fsp3) is 0.238. The number of thiophene rings is 1. The molecule has 2 heterocycles. The van der Waals surface area contributed by atoms with Gasteiger partial charge in [0.25, 0.3) is 0 Å². The van der Waals surface area contributed by atoms with Gasteiger partial charge in [-0.2, -0.15) is 0 Å². The highest BCUT2D eigenvalue weighted by molar-refractivity contribution is 8.00. The molecule has 152 valence electrons.